The van der Waals surface area contributed by atoms with Crippen LogP contribution in [0.2, 0.25) is 0 Å². The zero-order chi connectivity index (χ0) is 24.8. The molecule has 1 aromatic heterocycles. The summed E-state index contributed by atoms with van der Waals surface area (Å²) in [5.41, 5.74) is 0.700. The first-order chi connectivity index (χ1) is 15.8. The van der Waals surface area contributed by atoms with Crippen molar-refractivity contribution in [1.29, 1.82) is 0 Å². The van der Waals surface area contributed by atoms with Gasteiger partial charge >= 0.3 is 12.6 Å². The van der Waals surface area contributed by atoms with E-state index in [0.29, 0.717) is 5.56 Å². The van der Waals surface area contributed by atoms with Gasteiger partial charge in [0.2, 0.25) is 5.89 Å². The average Bonchev–Trinajstić information content (AvgIpc) is 3.36. The molecule has 1 saturated heterocycles. The van der Waals surface area contributed by atoms with Crippen LogP contribution in [-0.2, 0) is 11.3 Å². The van der Waals surface area contributed by atoms with E-state index in [4.69, 9.17) is 4.42 Å². The second kappa shape index (κ2) is 8.64. The van der Waals surface area contributed by atoms with Crippen molar-refractivity contribution in [2.75, 3.05) is 6.54 Å². The molecule has 14 heteroatoms. The van der Waals surface area contributed by atoms with Crippen LogP contribution in [0.5, 0.6) is 0 Å². The summed E-state index contributed by atoms with van der Waals surface area (Å²) in [6.07, 6.45) is -11.7. The molecule has 0 aliphatic carbocycles. The molecule has 1 amide bonds. The fourth-order valence-corrected chi connectivity index (χ4v) is 3.99. The number of aromatic nitrogens is 2. The number of alkyl halides is 7. The first-order valence-electron chi connectivity index (χ1n) is 10.2. The van der Waals surface area contributed by atoms with Gasteiger partial charge in [0.05, 0.1) is 19.0 Å². The molecule has 2 aromatic rings. The van der Waals surface area contributed by atoms with Crippen molar-refractivity contribution in [3.8, 4) is 11.5 Å². The molecule has 1 aromatic carbocycles. The molecule has 4 rings (SSSR count). The topological polar surface area (TPSA) is 79.5 Å². The number of carbonyl (C=O) groups excluding carboxylic acids is 2. The van der Waals surface area contributed by atoms with E-state index < -0.39 is 74.4 Å². The van der Waals surface area contributed by atoms with Crippen molar-refractivity contribution in [2.24, 2.45) is 0 Å². The first kappa shape index (κ1) is 24.1. The van der Waals surface area contributed by atoms with Crippen LogP contribution in [0.15, 0.2) is 22.6 Å². The number of carbonyl (C=O) groups is 2. The molecule has 3 heterocycles. The summed E-state index contributed by atoms with van der Waals surface area (Å²) >= 11 is 0. The molecule has 1 fully saturated rings. The van der Waals surface area contributed by atoms with Crippen molar-refractivity contribution in [1.82, 2.24) is 20.2 Å². The Bertz CT molecular complexity index is 1100. The molecule has 0 spiro atoms. The van der Waals surface area contributed by atoms with Gasteiger partial charge in [0.25, 0.3) is 17.7 Å². The Labute approximate surface area is 187 Å². The molecule has 0 bridgehead atoms. The maximum atomic E-state index is 14.0. The summed E-state index contributed by atoms with van der Waals surface area (Å²) in [5.74, 6) is -6.14. The number of hydrazine groups is 1. The SMILES string of the molecule is O=C(CCC(F)(F)F)C1CC(F)(F)CCN1N1Cc2ccc(-c3nnc(C(F)F)o3)cc2C1=O. The molecule has 184 valence electrons. The molecule has 1 atom stereocenters. The van der Waals surface area contributed by atoms with Gasteiger partial charge < -0.3 is 4.42 Å². The van der Waals surface area contributed by atoms with E-state index >= 15 is 0 Å². The number of rotatable bonds is 6. The van der Waals surface area contributed by atoms with Crippen molar-refractivity contribution < 1.29 is 44.7 Å². The zero-order valence-corrected chi connectivity index (χ0v) is 17.3. The molecule has 0 radical (unpaired) electrons. The summed E-state index contributed by atoms with van der Waals surface area (Å²) in [4.78, 5) is 25.5. The number of nitrogens with zero attached hydrogens (tertiary/aromatic N) is 4. The number of fused-ring (bicyclic) bond motifs is 1. The van der Waals surface area contributed by atoms with E-state index in [1.165, 1.54) is 18.2 Å². The van der Waals surface area contributed by atoms with Gasteiger partial charge in [-0.25, -0.2) is 13.8 Å². The second-order valence-electron chi connectivity index (χ2n) is 8.05. The van der Waals surface area contributed by atoms with Gasteiger partial charge in [-0.1, -0.05) is 6.07 Å². The fourth-order valence-electron chi connectivity index (χ4n) is 3.99. The Hall–Kier alpha value is -3.03. The highest BCUT2D eigenvalue weighted by Gasteiger charge is 2.48. The van der Waals surface area contributed by atoms with Gasteiger partial charge in [0.15, 0.2) is 5.78 Å². The van der Waals surface area contributed by atoms with E-state index in [-0.39, 0.29) is 23.6 Å². The molecule has 7 nitrogen and oxygen atoms in total. The largest absolute Gasteiger partial charge is 0.415 e. The third-order valence-corrected chi connectivity index (χ3v) is 5.66. The first-order valence-corrected chi connectivity index (χ1v) is 10.2. The predicted octanol–water partition coefficient (Wildman–Crippen LogP) is 4.56. The van der Waals surface area contributed by atoms with Crippen molar-refractivity contribution in [2.45, 2.75) is 56.8 Å². The van der Waals surface area contributed by atoms with Crippen LogP contribution in [0.1, 0.15) is 53.9 Å². The lowest BCUT2D eigenvalue weighted by atomic mass is 9.94. The van der Waals surface area contributed by atoms with E-state index in [9.17, 15) is 40.3 Å². The number of hydrogen-bond acceptors (Lipinski definition) is 6. The summed E-state index contributed by atoms with van der Waals surface area (Å²) < 4.78 is 96.0. The number of halogens is 7. The maximum absolute atomic E-state index is 14.0. The Kier molecular flexibility index (Phi) is 6.12. The van der Waals surface area contributed by atoms with E-state index in [1.807, 2.05) is 0 Å². The number of hydrogen-bond donors (Lipinski definition) is 0. The average molecular weight is 494 g/mol. The number of amides is 1. The highest BCUT2D eigenvalue weighted by molar-refractivity contribution is 5.99. The second-order valence-corrected chi connectivity index (χ2v) is 8.05. The molecule has 2 aliphatic rings. The van der Waals surface area contributed by atoms with Crippen LogP contribution in [0.25, 0.3) is 11.5 Å². The fraction of sp³-hybridized carbons (Fsp3) is 0.500. The van der Waals surface area contributed by atoms with Crippen LogP contribution < -0.4 is 0 Å². The summed E-state index contributed by atoms with van der Waals surface area (Å²) in [6, 6.07) is 2.62. The lowest BCUT2D eigenvalue weighted by molar-refractivity contribution is -0.163. The summed E-state index contributed by atoms with van der Waals surface area (Å²) in [6.45, 7) is -0.515. The molecule has 1 unspecified atom stereocenters. The molecule has 0 N–H and O–H groups in total. The molecule has 2 aliphatic heterocycles. The standard InChI is InChI=1S/C20H17F7N4O3/c21-15(22)17-29-28-16(34-17)10-1-2-11-9-31(18(33)12(11)7-10)30-6-5-19(23,24)8-13(30)14(32)3-4-20(25,26)27/h1-2,7,13,15H,3-6,8-9H2. The minimum atomic E-state index is -4.63. The minimum absolute atomic E-state index is 0.0909. The van der Waals surface area contributed by atoms with Crippen LogP contribution >= 0.6 is 0 Å². The van der Waals surface area contributed by atoms with Crippen molar-refractivity contribution >= 4 is 11.7 Å². The van der Waals surface area contributed by atoms with Gasteiger partial charge in [-0.2, -0.15) is 22.0 Å². The third-order valence-electron chi connectivity index (χ3n) is 5.66. The predicted molar refractivity (Wildman–Crippen MR) is 99.5 cm³/mol. The number of ketones is 1. The van der Waals surface area contributed by atoms with Gasteiger partial charge in [0.1, 0.15) is 0 Å². The van der Waals surface area contributed by atoms with Crippen LogP contribution in [0.4, 0.5) is 30.7 Å². The van der Waals surface area contributed by atoms with Crippen LogP contribution in [0.3, 0.4) is 0 Å². The van der Waals surface area contributed by atoms with Crippen LogP contribution in [-0.4, -0.2) is 56.6 Å². The van der Waals surface area contributed by atoms with E-state index in [2.05, 4.69) is 10.2 Å². The highest BCUT2D eigenvalue weighted by Crippen LogP contribution is 2.37. The van der Waals surface area contributed by atoms with Gasteiger partial charge in [0, 0.05) is 36.9 Å². The third kappa shape index (κ3) is 4.91. The number of Topliss-reactive ketones (excluding diaryl/α,β-unsaturated/α-hetero) is 1. The smallest absolute Gasteiger partial charge is 0.389 e. The van der Waals surface area contributed by atoms with Gasteiger partial charge in [-0.05, 0) is 17.7 Å². The van der Waals surface area contributed by atoms with E-state index in [1.54, 1.807) is 0 Å². The van der Waals surface area contributed by atoms with Crippen molar-refractivity contribution in [3.63, 3.8) is 0 Å². The lowest BCUT2D eigenvalue weighted by Crippen LogP contribution is -2.58. The number of piperidine rings is 1. The normalized spacial score (nSPS) is 20.8. The molecule has 0 saturated carbocycles. The van der Waals surface area contributed by atoms with Gasteiger partial charge in [-0.15, -0.1) is 10.2 Å². The maximum Gasteiger partial charge on any atom is 0.389 e. The molecule has 34 heavy (non-hydrogen) atoms. The molecular formula is C20H17F7N4O3. The lowest BCUT2D eigenvalue weighted by Gasteiger charge is -2.42. The Morgan fingerprint density at radius 1 is 1.24 bits per heavy atom. The summed E-state index contributed by atoms with van der Waals surface area (Å²) in [7, 11) is 0. The van der Waals surface area contributed by atoms with E-state index in [0.717, 1.165) is 10.0 Å². The highest BCUT2D eigenvalue weighted by atomic mass is 19.4. The monoisotopic (exact) mass is 494 g/mol. The molecular weight excluding hydrogens is 477 g/mol. The summed E-state index contributed by atoms with van der Waals surface area (Å²) in [5, 5.41) is 8.87. The van der Waals surface area contributed by atoms with Crippen molar-refractivity contribution in [3.05, 3.63) is 35.2 Å². The Morgan fingerprint density at radius 3 is 2.62 bits per heavy atom. The Morgan fingerprint density at radius 2 is 1.97 bits per heavy atom. The number of benzene rings is 1. The van der Waals surface area contributed by atoms with Crippen LogP contribution in [0, 0.1) is 0 Å². The Balaban J connectivity index is 1.57. The quantitative estimate of drug-likeness (QED) is 0.548. The zero-order valence-electron chi connectivity index (χ0n) is 17.3. The van der Waals surface area contributed by atoms with Gasteiger partial charge in [-0.3, -0.25) is 14.6 Å². The minimum Gasteiger partial charge on any atom is -0.415 e.